The average Bonchev–Trinajstić information content (AvgIpc) is 3.21. The van der Waals surface area contributed by atoms with Gasteiger partial charge in [0.2, 0.25) is 0 Å². The van der Waals surface area contributed by atoms with Crippen LogP contribution in [0, 0.1) is 30.9 Å². The number of fused-ring (bicyclic) bond motifs is 3. The van der Waals surface area contributed by atoms with Crippen molar-refractivity contribution in [3.63, 3.8) is 0 Å². The smallest absolute Gasteiger partial charge is 0.272 e. The summed E-state index contributed by atoms with van der Waals surface area (Å²) in [7, 11) is -4.36. The molecule has 0 atom stereocenters. The quantitative estimate of drug-likeness (QED) is 0.230. The first kappa shape index (κ1) is 24.7. The monoisotopic (exact) mass is 518 g/mol. The van der Waals surface area contributed by atoms with E-state index in [1.165, 1.54) is 24.3 Å². The predicted molar refractivity (Wildman–Crippen MR) is 141 cm³/mol. The Balaban J connectivity index is 1.71. The normalized spacial score (nSPS) is 13.4. The lowest BCUT2D eigenvalue weighted by Crippen LogP contribution is -2.37. The van der Waals surface area contributed by atoms with Gasteiger partial charge in [0, 0.05) is 35.1 Å². The zero-order valence-corrected chi connectivity index (χ0v) is 21.6. The van der Waals surface area contributed by atoms with Crippen molar-refractivity contribution in [1.29, 1.82) is 0 Å². The van der Waals surface area contributed by atoms with Crippen LogP contribution in [-0.4, -0.2) is 19.2 Å². The Bertz CT molecular complexity index is 1650. The Hall–Kier alpha value is -3.98. The van der Waals surface area contributed by atoms with Crippen LogP contribution in [0.4, 0.5) is 11.4 Å². The second kappa shape index (κ2) is 9.15. The Morgan fingerprint density at radius 1 is 0.946 bits per heavy atom. The number of nitrogens with zero attached hydrogens (tertiary/aromatic N) is 2. The maximum atomic E-state index is 14.2. The number of sulfonamides is 1. The number of anilines is 1. The van der Waals surface area contributed by atoms with Gasteiger partial charge >= 0.3 is 0 Å². The summed E-state index contributed by atoms with van der Waals surface area (Å²) in [6.45, 7) is 5.29. The molecule has 190 valence electrons. The molecule has 8 nitrogen and oxygen atoms in total. The first-order chi connectivity index (χ1) is 17.6. The minimum Gasteiger partial charge on any atom is -0.461 e. The van der Waals surface area contributed by atoms with E-state index >= 15 is 0 Å². The molecule has 1 amide bonds. The third kappa shape index (κ3) is 4.29. The summed E-state index contributed by atoms with van der Waals surface area (Å²) in [5, 5.41) is 11.9. The molecule has 4 aromatic rings. The molecule has 0 aliphatic heterocycles. The van der Waals surface area contributed by atoms with Crippen molar-refractivity contribution in [2.24, 2.45) is 0 Å². The molecule has 37 heavy (non-hydrogen) atoms. The van der Waals surface area contributed by atoms with E-state index in [1.807, 2.05) is 6.92 Å². The van der Waals surface area contributed by atoms with Crippen molar-refractivity contribution in [2.45, 2.75) is 51.3 Å². The average molecular weight is 519 g/mol. The molecule has 3 aromatic carbocycles. The number of non-ortho nitro benzene ring substituents is 1. The Morgan fingerprint density at radius 3 is 2.24 bits per heavy atom. The maximum absolute atomic E-state index is 14.2. The topological polar surface area (TPSA) is 111 Å². The summed E-state index contributed by atoms with van der Waals surface area (Å²) >= 11 is 0. The summed E-state index contributed by atoms with van der Waals surface area (Å²) in [5.74, 6) is 0.103. The Kier molecular flexibility index (Phi) is 6.11. The number of hydrogen-bond acceptors (Lipinski definition) is 6. The lowest BCUT2D eigenvalue weighted by Gasteiger charge is -2.25. The molecule has 0 saturated heterocycles. The number of benzene rings is 3. The molecule has 0 unspecified atom stereocenters. The van der Waals surface area contributed by atoms with E-state index in [4.69, 9.17) is 4.42 Å². The van der Waals surface area contributed by atoms with Crippen molar-refractivity contribution in [1.82, 2.24) is 0 Å². The van der Waals surface area contributed by atoms with Gasteiger partial charge in [0.05, 0.1) is 15.5 Å². The van der Waals surface area contributed by atoms with Crippen LogP contribution in [0.15, 0.2) is 63.9 Å². The van der Waals surface area contributed by atoms with Gasteiger partial charge < -0.3 is 4.42 Å². The second-order valence-corrected chi connectivity index (χ2v) is 11.2. The predicted octanol–water partition coefficient (Wildman–Crippen LogP) is 6.18. The second-order valence-electron chi connectivity index (χ2n) is 9.50. The molecule has 0 fully saturated rings. The van der Waals surface area contributed by atoms with Gasteiger partial charge in [-0.15, -0.1) is 0 Å². The van der Waals surface area contributed by atoms with Gasteiger partial charge in [0.25, 0.3) is 21.6 Å². The number of amides is 1. The molecular formula is C28H26N2O6S. The van der Waals surface area contributed by atoms with Crippen LogP contribution < -0.4 is 4.31 Å². The lowest BCUT2D eigenvalue weighted by molar-refractivity contribution is -0.384. The fraction of sp³-hybridized carbons (Fsp3) is 0.250. The van der Waals surface area contributed by atoms with Crippen LogP contribution in [0.1, 0.15) is 51.2 Å². The Morgan fingerprint density at radius 2 is 1.59 bits per heavy atom. The van der Waals surface area contributed by atoms with E-state index in [9.17, 15) is 23.3 Å². The van der Waals surface area contributed by atoms with Crippen LogP contribution in [0.3, 0.4) is 0 Å². The fourth-order valence-corrected chi connectivity index (χ4v) is 7.08. The largest absolute Gasteiger partial charge is 0.461 e. The summed E-state index contributed by atoms with van der Waals surface area (Å²) in [5.41, 5.74) is 3.68. The third-order valence-corrected chi connectivity index (χ3v) is 8.80. The van der Waals surface area contributed by atoms with Crippen LogP contribution in [0.5, 0.6) is 0 Å². The number of carbonyl (C=O) groups is 1. The SMILES string of the molecule is Cc1cc(C)c(S(=O)(=O)N(C(=O)c2ccc([N+](=O)[O-])cc2)c2ccc3oc4c(c3c2)CCCC4)c(C)c1. The van der Waals surface area contributed by atoms with E-state index in [0.717, 1.165) is 52.3 Å². The number of nitro groups is 1. The summed E-state index contributed by atoms with van der Waals surface area (Å²) in [6.07, 6.45) is 3.69. The number of hydrogen-bond donors (Lipinski definition) is 0. The number of nitro benzene ring substituents is 1. The molecule has 1 aliphatic rings. The summed E-state index contributed by atoms with van der Waals surface area (Å²) in [4.78, 5) is 24.4. The van der Waals surface area contributed by atoms with Crippen LogP contribution >= 0.6 is 0 Å². The summed E-state index contributed by atoms with van der Waals surface area (Å²) < 4.78 is 35.2. The van der Waals surface area contributed by atoms with Crippen molar-refractivity contribution in [3.8, 4) is 0 Å². The molecule has 0 spiro atoms. The molecule has 1 heterocycles. The Labute approximate surface area is 214 Å². The molecule has 5 rings (SSSR count). The van der Waals surface area contributed by atoms with Crippen LogP contribution in [0.2, 0.25) is 0 Å². The van der Waals surface area contributed by atoms with Crippen molar-refractivity contribution < 1.29 is 22.6 Å². The van der Waals surface area contributed by atoms with Crippen molar-refractivity contribution >= 4 is 38.3 Å². The highest BCUT2D eigenvalue weighted by Crippen LogP contribution is 2.37. The van der Waals surface area contributed by atoms with Crippen molar-refractivity contribution in [3.05, 3.63) is 98.3 Å². The number of carbonyl (C=O) groups excluding carboxylic acids is 1. The van der Waals surface area contributed by atoms with Crippen LogP contribution in [0.25, 0.3) is 11.0 Å². The first-order valence-corrected chi connectivity index (χ1v) is 13.5. The molecule has 1 aliphatic carbocycles. The number of furan rings is 1. The van der Waals surface area contributed by atoms with Gasteiger partial charge in [-0.1, -0.05) is 17.7 Å². The first-order valence-electron chi connectivity index (χ1n) is 12.0. The fourth-order valence-electron chi connectivity index (χ4n) is 5.25. The van der Waals surface area contributed by atoms with Crippen molar-refractivity contribution in [2.75, 3.05) is 4.31 Å². The highest BCUT2D eigenvalue weighted by molar-refractivity contribution is 7.93. The minimum absolute atomic E-state index is 0.0194. The molecular weight excluding hydrogens is 492 g/mol. The van der Waals surface area contributed by atoms with E-state index in [1.54, 1.807) is 44.2 Å². The van der Waals surface area contributed by atoms with Gasteiger partial charge in [0.1, 0.15) is 11.3 Å². The molecule has 0 radical (unpaired) electrons. The summed E-state index contributed by atoms with van der Waals surface area (Å²) in [6, 6.07) is 13.4. The standard InChI is InChI=1S/C28H26N2O6S/c1-17-14-18(2)27(19(3)15-17)37(34,35)29(28(31)20-8-10-21(11-9-20)30(32)33)22-12-13-26-24(16-22)23-6-4-5-7-25(23)36-26/h8-16H,4-7H2,1-3H3. The molecule has 0 saturated carbocycles. The van der Waals surface area contributed by atoms with E-state index in [-0.39, 0.29) is 21.8 Å². The molecule has 0 N–H and O–H groups in total. The van der Waals surface area contributed by atoms with Gasteiger partial charge in [-0.25, -0.2) is 8.42 Å². The lowest BCUT2D eigenvalue weighted by atomic mass is 9.96. The minimum atomic E-state index is -4.36. The molecule has 0 bridgehead atoms. The zero-order valence-electron chi connectivity index (χ0n) is 20.8. The third-order valence-electron chi connectivity index (χ3n) is 6.79. The van der Waals surface area contributed by atoms with Crippen LogP contribution in [-0.2, 0) is 22.9 Å². The van der Waals surface area contributed by atoms with E-state index in [0.29, 0.717) is 16.7 Å². The molecule has 9 heteroatoms. The highest BCUT2D eigenvalue weighted by atomic mass is 32.2. The number of aryl methyl sites for hydroxylation is 5. The van der Waals surface area contributed by atoms with E-state index < -0.39 is 20.9 Å². The van der Waals surface area contributed by atoms with Gasteiger partial charge in [-0.05, 0) is 81.5 Å². The van der Waals surface area contributed by atoms with Gasteiger partial charge in [-0.2, -0.15) is 4.31 Å². The van der Waals surface area contributed by atoms with Gasteiger partial charge in [-0.3, -0.25) is 14.9 Å². The highest BCUT2D eigenvalue weighted by Gasteiger charge is 2.35. The molecule has 1 aromatic heterocycles. The zero-order chi connectivity index (χ0) is 26.5. The van der Waals surface area contributed by atoms with E-state index in [2.05, 4.69) is 0 Å². The maximum Gasteiger partial charge on any atom is 0.272 e. The number of rotatable bonds is 5. The van der Waals surface area contributed by atoms with Gasteiger partial charge in [0.15, 0.2) is 0 Å².